The summed E-state index contributed by atoms with van der Waals surface area (Å²) in [5.41, 5.74) is 0. The fraction of sp³-hybridized carbons (Fsp3) is 0. The second kappa shape index (κ2) is 16.2. The normalized spacial score (nSPS) is 0. The molecule has 21 valence electrons. The molecule has 0 aromatic carbocycles. The van der Waals surface area contributed by atoms with Crippen LogP contribution >= 0.6 is 0 Å². The first kappa shape index (κ1) is 26.5. The summed E-state index contributed by atoms with van der Waals surface area (Å²) in [4.78, 5) is 0. The van der Waals surface area contributed by atoms with E-state index in [4.69, 9.17) is 0 Å². The summed E-state index contributed by atoms with van der Waals surface area (Å²) >= 11 is 0. The van der Waals surface area contributed by atoms with Crippen molar-refractivity contribution in [3.05, 3.63) is 0 Å². The maximum absolute atomic E-state index is 0. The molecule has 0 fully saturated rings. The summed E-state index contributed by atoms with van der Waals surface area (Å²) in [7, 11) is 0. The average molecular weight is 339 g/mol. The molecule has 0 aromatic heterocycles. The SMILES string of the molecule is [Fe].[La].[Mn].[Y]. The Morgan fingerprint density at radius 3 is 1.00 bits per heavy atom. The molecule has 4 heavy (non-hydrogen) atoms. The van der Waals surface area contributed by atoms with Crippen LogP contribution in [0.5, 0.6) is 0 Å². The Morgan fingerprint density at radius 1 is 1.00 bits per heavy atom. The third-order valence-corrected chi connectivity index (χ3v) is 0. The van der Waals surface area contributed by atoms with Crippen LogP contribution in [0.1, 0.15) is 0 Å². The van der Waals surface area contributed by atoms with Gasteiger partial charge in [-0.05, 0) is 0 Å². The van der Waals surface area contributed by atoms with Gasteiger partial charge in [-0.25, -0.2) is 0 Å². The average Bonchev–Trinajstić information content (AvgIpc) is 0. The van der Waals surface area contributed by atoms with Crippen LogP contribution < -0.4 is 0 Å². The van der Waals surface area contributed by atoms with Gasteiger partial charge in [-0.3, -0.25) is 0 Å². The van der Waals surface area contributed by atoms with Gasteiger partial charge in [-0.15, -0.1) is 0 Å². The maximum atomic E-state index is 0. The van der Waals surface area contributed by atoms with Crippen molar-refractivity contribution >= 4 is 0 Å². The molecular formula is FeLaMnY. The Hall–Kier alpha value is 3.34. The predicted molar refractivity (Wildman–Crippen MR) is 0 cm³/mol. The molecule has 0 rings (SSSR count). The standard InChI is InChI=1S/Fe.La.Mn.Y. The molecule has 0 N–H and O–H groups in total. The Balaban J connectivity index is 0. The molecule has 0 aliphatic rings. The van der Waals surface area contributed by atoms with E-state index in [1.807, 2.05) is 0 Å². The van der Waals surface area contributed by atoms with Crippen molar-refractivity contribution in [1.82, 2.24) is 0 Å². The van der Waals surface area contributed by atoms with Crippen molar-refractivity contribution in [2.24, 2.45) is 0 Å². The van der Waals surface area contributed by atoms with Crippen LogP contribution in [0.2, 0.25) is 0 Å². The topological polar surface area (TPSA) is 0 Å². The zero-order valence-electron chi connectivity index (χ0n) is 1.89. The van der Waals surface area contributed by atoms with Crippen LogP contribution in [0.15, 0.2) is 0 Å². The van der Waals surface area contributed by atoms with E-state index in [0.717, 1.165) is 0 Å². The molecule has 0 spiro atoms. The molecule has 0 aliphatic carbocycles. The maximum Gasteiger partial charge on any atom is 0 e. The van der Waals surface area contributed by atoms with E-state index in [2.05, 4.69) is 0 Å². The number of hydrogen-bond acceptors (Lipinski definition) is 0. The second-order valence-electron chi connectivity index (χ2n) is 0. The fourth-order valence-electron chi connectivity index (χ4n) is 0. The van der Waals surface area contributed by atoms with Gasteiger partial charge in [0, 0.05) is 102 Å². The Kier molecular flexibility index (Phi) is 107. The third kappa shape index (κ3) is 9.02. The quantitative estimate of drug-likeness (QED) is 0.545. The van der Waals surface area contributed by atoms with Crippen molar-refractivity contribution in [2.75, 3.05) is 0 Å². The van der Waals surface area contributed by atoms with Gasteiger partial charge in [-0.1, -0.05) is 0 Å². The molecule has 0 aliphatic heterocycles. The van der Waals surface area contributed by atoms with Gasteiger partial charge < -0.3 is 0 Å². The van der Waals surface area contributed by atoms with E-state index >= 15 is 0 Å². The van der Waals surface area contributed by atoms with Gasteiger partial charge in [0.2, 0.25) is 0 Å². The molecular weight excluding hydrogens is 339 g/mol. The van der Waals surface area contributed by atoms with E-state index in [0.29, 0.717) is 0 Å². The van der Waals surface area contributed by atoms with Crippen molar-refractivity contribution in [1.29, 1.82) is 0 Å². The summed E-state index contributed by atoms with van der Waals surface area (Å²) < 4.78 is 0. The first-order valence-electron chi connectivity index (χ1n) is 0. The van der Waals surface area contributed by atoms with Gasteiger partial charge in [0.1, 0.15) is 0 Å². The minimum Gasteiger partial charge on any atom is 0 e. The summed E-state index contributed by atoms with van der Waals surface area (Å²) in [6, 6.07) is 0. The van der Waals surface area contributed by atoms with Crippen LogP contribution in [-0.4, -0.2) is 0 Å². The van der Waals surface area contributed by atoms with Crippen LogP contribution in [-0.2, 0) is 66.8 Å². The smallest absolute Gasteiger partial charge is 0 e. The Morgan fingerprint density at radius 2 is 1.00 bits per heavy atom. The van der Waals surface area contributed by atoms with Gasteiger partial charge in [0.15, 0.2) is 0 Å². The molecule has 0 unspecified atom stereocenters. The Labute approximate surface area is 100 Å². The van der Waals surface area contributed by atoms with E-state index in [1.54, 1.807) is 0 Å². The molecule has 0 saturated heterocycles. The van der Waals surface area contributed by atoms with Gasteiger partial charge >= 0.3 is 0 Å². The number of hydrogen-bond donors (Lipinski definition) is 0. The molecule has 0 nitrogen and oxygen atoms in total. The third-order valence-electron chi connectivity index (χ3n) is 0. The minimum atomic E-state index is 0. The fourth-order valence-corrected chi connectivity index (χ4v) is 0. The molecule has 0 atom stereocenters. The van der Waals surface area contributed by atoms with Gasteiger partial charge in [-0.2, -0.15) is 0 Å². The summed E-state index contributed by atoms with van der Waals surface area (Å²) in [6.45, 7) is 0. The molecule has 0 heterocycles. The minimum absolute atomic E-state index is 0. The zero-order valence-corrected chi connectivity index (χ0v) is 10.6. The zero-order chi connectivity index (χ0) is 0. The van der Waals surface area contributed by atoms with Crippen molar-refractivity contribution in [3.63, 3.8) is 0 Å². The molecule has 3 radical (unpaired) electrons. The Bertz CT molecular complexity index is 8.00. The van der Waals surface area contributed by atoms with E-state index in [1.165, 1.54) is 0 Å². The second-order valence-corrected chi connectivity index (χ2v) is 0. The van der Waals surface area contributed by atoms with Crippen molar-refractivity contribution < 1.29 is 102 Å². The first-order chi connectivity index (χ1) is 0. The molecule has 4 heteroatoms. The molecule has 0 saturated carbocycles. The molecule has 0 bridgehead atoms. The van der Waals surface area contributed by atoms with Gasteiger partial charge in [0.25, 0.3) is 0 Å². The monoisotopic (exact) mass is 339 g/mol. The summed E-state index contributed by atoms with van der Waals surface area (Å²) in [5.74, 6) is 0. The van der Waals surface area contributed by atoms with E-state index in [-0.39, 0.29) is 102 Å². The molecule has 0 aromatic rings. The van der Waals surface area contributed by atoms with Gasteiger partial charge in [0.05, 0.1) is 0 Å². The first-order valence-corrected chi connectivity index (χ1v) is 0. The summed E-state index contributed by atoms with van der Waals surface area (Å²) in [5, 5.41) is 0. The largest absolute Gasteiger partial charge is 0 e. The van der Waals surface area contributed by atoms with Crippen molar-refractivity contribution in [2.45, 2.75) is 0 Å². The van der Waals surface area contributed by atoms with Crippen LogP contribution in [0.4, 0.5) is 0 Å². The van der Waals surface area contributed by atoms with Crippen molar-refractivity contribution in [3.8, 4) is 0 Å². The van der Waals surface area contributed by atoms with Crippen LogP contribution in [0.25, 0.3) is 0 Å². The van der Waals surface area contributed by atoms with E-state index < -0.39 is 0 Å². The molecule has 0 amide bonds. The number of rotatable bonds is 0. The van der Waals surface area contributed by atoms with E-state index in [9.17, 15) is 0 Å². The summed E-state index contributed by atoms with van der Waals surface area (Å²) in [6.07, 6.45) is 0. The van der Waals surface area contributed by atoms with Crippen LogP contribution in [0.3, 0.4) is 0 Å². The van der Waals surface area contributed by atoms with Crippen LogP contribution in [0, 0.1) is 35.6 Å². The predicted octanol–water partition coefficient (Wildman–Crippen LogP) is -0.00750.